The van der Waals surface area contributed by atoms with Crippen LogP contribution < -0.4 is 0 Å². The lowest BCUT2D eigenvalue weighted by Crippen LogP contribution is -2.06. The average molecular weight is 114 g/mol. The third-order valence-electron chi connectivity index (χ3n) is 0.448. The van der Waals surface area contributed by atoms with Gasteiger partial charge in [0.05, 0.1) is 0 Å². The average Bonchev–Trinajstić information content (AvgIpc) is 1.66. The van der Waals surface area contributed by atoms with Crippen LogP contribution in [0.4, 0.5) is 0 Å². The van der Waals surface area contributed by atoms with Crippen molar-refractivity contribution in [1.29, 1.82) is 0 Å². The predicted octanol–water partition coefficient (Wildman–Crippen LogP) is -1.35. The summed E-state index contributed by atoms with van der Waals surface area (Å²) in [4.78, 5) is 0. The highest BCUT2D eigenvalue weighted by atomic mass is 16.5. The van der Waals surface area contributed by atoms with Gasteiger partial charge in [0.15, 0.2) is 0 Å². The lowest BCUT2D eigenvalue weighted by molar-refractivity contribution is 0.239. The van der Waals surface area contributed by atoms with Crippen LogP contribution in [0.1, 0.15) is 0 Å². The van der Waals surface area contributed by atoms with Gasteiger partial charge >= 0.3 is 7.12 Å². The van der Waals surface area contributed by atoms with Crippen LogP contribution in [-0.4, -0.2) is 30.9 Å². The summed E-state index contributed by atoms with van der Waals surface area (Å²) >= 11 is 0. The van der Waals surface area contributed by atoms with Crippen LogP contribution in [0, 0.1) is 11.7 Å². The highest BCUT2D eigenvalue weighted by Gasteiger charge is 1.96. The summed E-state index contributed by atoms with van der Waals surface area (Å²) in [6.45, 7) is 0.234. The van der Waals surface area contributed by atoms with Gasteiger partial charge in [-0.15, -0.1) is 0 Å². The predicted molar refractivity (Wildman–Crippen MR) is 29.8 cm³/mol. The molecule has 0 rings (SSSR count). The maximum absolute atomic E-state index is 8.11. The molecule has 4 heteroatoms. The Bertz CT molecular complexity index is 102. The number of hydrogen-bond acceptors (Lipinski definition) is 3. The molecule has 0 radical (unpaired) electrons. The number of ether oxygens (including phenoxy) is 1. The van der Waals surface area contributed by atoms with Crippen LogP contribution in [0.3, 0.4) is 0 Å². The van der Waals surface area contributed by atoms with Crippen molar-refractivity contribution < 1.29 is 14.8 Å². The minimum atomic E-state index is -1.54. The van der Waals surface area contributed by atoms with Crippen molar-refractivity contribution in [2.75, 3.05) is 13.7 Å². The molecule has 8 heavy (non-hydrogen) atoms. The molecular weight excluding hydrogens is 107 g/mol. The van der Waals surface area contributed by atoms with Crippen LogP contribution in [0.2, 0.25) is 0 Å². The minimum absolute atomic E-state index is 0.234. The Morgan fingerprint density at radius 1 is 1.62 bits per heavy atom. The van der Waals surface area contributed by atoms with E-state index in [0.717, 1.165) is 0 Å². The van der Waals surface area contributed by atoms with Crippen LogP contribution in [0.25, 0.3) is 0 Å². The van der Waals surface area contributed by atoms with E-state index >= 15 is 0 Å². The molecule has 0 aromatic carbocycles. The number of rotatable bonds is 1. The second-order valence-electron chi connectivity index (χ2n) is 1.13. The van der Waals surface area contributed by atoms with Crippen molar-refractivity contribution in [2.45, 2.75) is 0 Å². The molecule has 0 heterocycles. The molecule has 0 aliphatic rings. The summed E-state index contributed by atoms with van der Waals surface area (Å²) in [7, 11) is -0.0523. The molecule has 2 N–H and O–H groups in total. The fourth-order valence-electron chi connectivity index (χ4n) is 0.205. The van der Waals surface area contributed by atoms with E-state index in [4.69, 9.17) is 10.0 Å². The summed E-state index contributed by atoms with van der Waals surface area (Å²) in [5, 5.41) is 16.2. The molecule has 0 unspecified atom stereocenters. The molecule has 0 aliphatic carbocycles. The Kier molecular flexibility index (Phi) is 4.37. The second-order valence-corrected chi connectivity index (χ2v) is 1.13. The minimum Gasteiger partial charge on any atom is -0.416 e. The van der Waals surface area contributed by atoms with Gasteiger partial charge < -0.3 is 14.8 Å². The van der Waals surface area contributed by atoms with Crippen molar-refractivity contribution in [1.82, 2.24) is 0 Å². The largest absolute Gasteiger partial charge is 0.544 e. The maximum atomic E-state index is 8.11. The summed E-state index contributed by atoms with van der Waals surface area (Å²) < 4.78 is 4.50. The van der Waals surface area contributed by atoms with E-state index in [-0.39, 0.29) is 6.61 Å². The van der Waals surface area contributed by atoms with E-state index in [1.807, 2.05) is 0 Å². The third-order valence-corrected chi connectivity index (χ3v) is 0.448. The lowest BCUT2D eigenvalue weighted by Gasteiger charge is -1.81. The fourth-order valence-corrected chi connectivity index (χ4v) is 0.205. The molecular formula is C4H7BO3. The molecule has 0 bridgehead atoms. The van der Waals surface area contributed by atoms with Crippen molar-refractivity contribution in [3.05, 3.63) is 0 Å². The molecule has 0 saturated carbocycles. The molecule has 44 valence electrons. The van der Waals surface area contributed by atoms with Gasteiger partial charge in [-0.1, -0.05) is 11.7 Å². The normalized spacial score (nSPS) is 7.38. The van der Waals surface area contributed by atoms with E-state index in [2.05, 4.69) is 16.5 Å². The van der Waals surface area contributed by atoms with Gasteiger partial charge in [-0.25, -0.2) is 0 Å². The first kappa shape index (κ1) is 7.50. The molecule has 0 aromatic rings. The van der Waals surface area contributed by atoms with Gasteiger partial charge in [-0.2, -0.15) is 0 Å². The molecule has 0 saturated heterocycles. The van der Waals surface area contributed by atoms with E-state index in [1.165, 1.54) is 7.11 Å². The molecule has 0 aromatic heterocycles. The van der Waals surface area contributed by atoms with Crippen LogP contribution in [0.15, 0.2) is 0 Å². The Balaban J connectivity index is 3.20. The highest BCUT2D eigenvalue weighted by Crippen LogP contribution is 1.63. The van der Waals surface area contributed by atoms with Gasteiger partial charge in [0.1, 0.15) is 6.61 Å². The van der Waals surface area contributed by atoms with E-state index < -0.39 is 7.12 Å². The smallest absolute Gasteiger partial charge is 0.416 e. The molecule has 0 aliphatic heterocycles. The van der Waals surface area contributed by atoms with Gasteiger partial charge in [0, 0.05) is 7.11 Å². The van der Waals surface area contributed by atoms with Gasteiger partial charge in [0.25, 0.3) is 0 Å². The summed E-state index contributed by atoms with van der Waals surface area (Å²) in [6, 6.07) is 0. The molecule has 3 nitrogen and oxygen atoms in total. The first-order valence-corrected chi connectivity index (χ1v) is 2.11. The van der Waals surface area contributed by atoms with Crippen molar-refractivity contribution in [2.24, 2.45) is 0 Å². The molecule has 0 spiro atoms. The Morgan fingerprint density at radius 2 is 2.25 bits per heavy atom. The SMILES string of the molecule is COCC#CB(O)O. The topological polar surface area (TPSA) is 49.7 Å². The first-order valence-electron chi connectivity index (χ1n) is 2.11. The van der Waals surface area contributed by atoms with Crippen molar-refractivity contribution in [3.8, 4) is 11.7 Å². The summed E-state index contributed by atoms with van der Waals surface area (Å²) in [5.74, 6) is 4.44. The number of methoxy groups -OCH3 is 1. The zero-order chi connectivity index (χ0) is 6.41. The zero-order valence-corrected chi connectivity index (χ0v) is 4.59. The van der Waals surface area contributed by atoms with Gasteiger partial charge in [-0.3, -0.25) is 0 Å². The monoisotopic (exact) mass is 114 g/mol. The highest BCUT2D eigenvalue weighted by molar-refractivity contribution is 6.51. The van der Waals surface area contributed by atoms with Gasteiger partial charge in [-0.05, 0) is 0 Å². The quantitative estimate of drug-likeness (QED) is 0.327. The van der Waals surface area contributed by atoms with Crippen LogP contribution >= 0.6 is 0 Å². The second kappa shape index (κ2) is 4.66. The Labute approximate surface area is 48.4 Å². The number of hydrogen-bond donors (Lipinski definition) is 2. The lowest BCUT2D eigenvalue weighted by atomic mass is 9.94. The molecule has 0 amide bonds. The molecule has 0 atom stereocenters. The maximum Gasteiger partial charge on any atom is 0.544 e. The Hall–Kier alpha value is -0.495. The third kappa shape index (κ3) is 5.50. The van der Waals surface area contributed by atoms with Crippen LogP contribution in [-0.2, 0) is 4.74 Å². The zero-order valence-electron chi connectivity index (χ0n) is 4.59. The van der Waals surface area contributed by atoms with Crippen LogP contribution in [0.5, 0.6) is 0 Å². The standard InChI is InChI=1S/C4H7BO3/c1-8-4-2-3-5(6)7/h6-7H,4H2,1H3. The van der Waals surface area contributed by atoms with Crippen molar-refractivity contribution in [3.63, 3.8) is 0 Å². The van der Waals surface area contributed by atoms with E-state index in [0.29, 0.717) is 0 Å². The Morgan fingerprint density at radius 3 is 2.62 bits per heavy atom. The first-order chi connectivity index (χ1) is 3.77. The van der Waals surface area contributed by atoms with E-state index in [9.17, 15) is 0 Å². The van der Waals surface area contributed by atoms with E-state index in [1.54, 1.807) is 0 Å². The van der Waals surface area contributed by atoms with Gasteiger partial charge in [0.2, 0.25) is 0 Å². The summed E-state index contributed by atoms with van der Waals surface area (Å²) in [6.07, 6.45) is 0. The summed E-state index contributed by atoms with van der Waals surface area (Å²) in [5.41, 5.74) is 0. The fraction of sp³-hybridized carbons (Fsp3) is 0.500. The van der Waals surface area contributed by atoms with Crippen molar-refractivity contribution >= 4 is 7.12 Å². The molecule has 0 fully saturated rings.